The van der Waals surface area contributed by atoms with Gasteiger partial charge in [-0.3, -0.25) is 0 Å². The average molecular weight is 277 g/mol. The Morgan fingerprint density at radius 3 is 2.72 bits per heavy atom. The highest BCUT2D eigenvalue weighted by atomic mass is 32.2. The van der Waals surface area contributed by atoms with Crippen molar-refractivity contribution in [2.75, 3.05) is 25.9 Å². The van der Waals surface area contributed by atoms with Crippen LogP contribution >= 0.6 is 0 Å². The fourth-order valence-electron chi connectivity index (χ4n) is 2.06. The van der Waals surface area contributed by atoms with E-state index >= 15 is 0 Å². The van der Waals surface area contributed by atoms with Crippen molar-refractivity contribution >= 4 is 16.1 Å². The molecule has 106 valence electrons. The normalized spacial score (nSPS) is 20.8. The highest BCUT2D eigenvalue weighted by Gasteiger charge is 2.26. The summed E-state index contributed by atoms with van der Waals surface area (Å²) in [5.41, 5.74) is 0. The van der Waals surface area contributed by atoms with Crippen molar-refractivity contribution < 1.29 is 13.2 Å². The minimum Gasteiger partial charge on any atom is -0.338 e. The van der Waals surface area contributed by atoms with Gasteiger partial charge in [-0.05, 0) is 25.7 Å². The Kier molecular flexibility index (Phi) is 5.87. The van der Waals surface area contributed by atoms with Gasteiger partial charge in [0.05, 0.1) is 6.26 Å². The molecule has 1 rings (SSSR count). The minimum absolute atomic E-state index is 0.0367. The second kappa shape index (κ2) is 6.94. The topological polar surface area (TPSA) is 78.5 Å². The highest BCUT2D eigenvalue weighted by Crippen LogP contribution is 2.16. The van der Waals surface area contributed by atoms with Crippen molar-refractivity contribution in [1.82, 2.24) is 14.9 Å². The molecule has 1 fully saturated rings. The molecule has 18 heavy (non-hydrogen) atoms. The van der Waals surface area contributed by atoms with Crippen LogP contribution in [0.5, 0.6) is 0 Å². The number of sulfonamides is 1. The van der Waals surface area contributed by atoms with Gasteiger partial charge in [0.25, 0.3) is 0 Å². The van der Waals surface area contributed by atoms with E-state index in [1.54, 1.807) is 4.90 Å². The number of carbonyl (C=O) groups excluding carboxylic acids is 1. The maximum absolute atomic E-state index is 11.9. The number of likely N-dealkylation sites (tertiary alicyclic amines) is 1. The lowest BCUT2D eigenvalue weighted by Gasteiger charge is -2.35. The van der Waals surface area contributed by atoms with Crippen LogP contribution in [0.15, 0.2) is 0 Å². The molecule has 1 atom stereocenters. The predicted octanol–water partition coefficient (Wildman–Crippen LogP) is 0.510. The molecule has 2 amide bonds. The summed E-state index contributed by atoms with van der Waals surface area (Å²) >= 11 is 0. The van der Waals surface area contributed by atoms with Crippen LogP contribution in [0.25, 0.3) is 0 Å². The zero-order chi connectivity index (χ0) is 13.6. The molecule has 0 spiro atoms. The Balaban J connectivity index is 2.53. The summed E-state index contributed by atoms with van der Waals surface area (Å²) in [6.07, 6.45) is 4.90. The van der Waals surface area contributed by atoms with Crippen LogP contribution in [0, 0.1) is 0 Å². The van der Waals surface area contributed by atoms with E-state index < -0.39 is 10.0 Å². The van der Waals surface area contributed by atoms with Crippen molar-refractivity contribution in [3.05, 3.63) is 0 Å². The Hall–Kier alpha value is -0.820. The first-order valence-electron chi connectivity index (χ1n) is 6.43. The summed E-state index contributed by atoms with van der Waals surface area (Å²) in [5.74, 6) is 0. The SMILES string of the molecule is CCCNC(=O)N1CCCCC1CNS(C)(=O)=O. The summed E-state index contributed by atoms with van der Waals surface area (Å²) in [5, 5.41) is 2.84. The van der Waals surface area contributed by atoms with Crippen LogP contribution in [0.1, 0.15) is 32.6 Å². The van der Waals surface area contributed by atoms with Gasteiger partial charge in [0.2, 0.25) is 10.0 Å². The van der Waals surface area contributed by atoms with Gasteiger partial charge in [-0.1, -0.05) is 6.92 Å². The molecular formula is C11H23N3O3S. The van der Waals surface area contributed by atoms with Crippen molar-refractivity contribution in [2.24, 2.45) is 0 Å². The van der Waals surface area contributed by atoms with Crippen molar-refractivity contribution in [3.8, 4) is 0 Å². The van der Waals surface area contributed by atoms with Gasteiger partial charge in [0, 0.05) is 25.7 Å². The monoisotopic (exact) mass is 277 g/mol. The number of nitrogens with one attached hydrogen (secondary N) is 2. The molecule has 0 bridgehead atoms. The maximum atomic E-state index is 11.9. The van der Waals surface area contributed by atoms with Crippen LogP contribution in [-0.2, 0) is 10.0 Å². The minimum atomic E-state index is -3.20. The molecular weight excluding hydrogens is 254 g/mol. The lowest BCUT2D eigenvalue weighted by molar-refractivity contribution is 0.152. The lowest BCUT2D eigenvalue weighted by atomic mass is 10.0. The number of amides is 2. The Labute approximate surface area is 109 Å². The third kappa shape index (κ3) is 5.22. The van der Waals surface area contributed by atoms with E-state index in [9.17, 15) is 13.2 Å². The van der Waals surface area contributed by atoms with Crippen molar-refractivity contribution in [2.45, 2.75) is 38.6 Å². The molecule has 0 radical (unpaired) electrons. The van der Waals surface area contributed by atoms with E-state index in [1.807, 2.05) is 6.92 Å². The van der Waals surface area contributed by atoms with Gasteiger partial charge in [-0.25, -0.2) is 17.9 Å². The number of nitrogens with zero attached hydrogens (tertiary/aromatic N) is 1. The second-order valence-electron chi connectivity index (χ2n) is 4.70. The molecule has 2 N–H and O–H groups in total. The fourth-order valence-corrected chi connectivity index (χ4v) is 2.56. The quantitative estimate of drug-likeness (QED) is 0.768. The zero-order valence-corrected chi connectivity index (χ0v) is 11.9. The first-order chi connectivity index (χ1) is 8.44. The molecule has 6 nitrogen and oxygen atoms in total. The van der Waals surface area contributed by atoms with Gasteiger partial charge in [-0.15, -0.1) is 0 Å². The molecule has 0 saturated carbocycles. The molecule has 0 aromatic rings. The Morgan fingerprint density at radius 2 is 2.11 bits per heavy atom. The summed E-state index contributed by atoms with van der Waals surface area (Å²) in [6, 6.07) is -0.123. The summed E-state index contributed by atoms with van der Waals surface area (Å²) in [4.78, 5) is 13.7. The van der Waals surface area contributed by atoms with E-state index in [1.165, 1.54) is 0 Å². The molecule has 0 aliphatic carbocycles. The summed E-state index contributed by atoms with van der Waals surface area (Å²) < 4.78 is 24.7. The second-order valence-corrected chi connectivity index (χ2v) is 6.53. The van der Waals surface area contributed by atoms with E-state index in [-0.39, 0.29) is 12.1 Å². The summed E-state index contributed by atoms with van der Waals surface area (Å²) in [6.45, 7) is 3.66. The van der Waals surface area contributed by atoms with E-state index in [0.717, 1.165) is 31.9 Å². The van der Waals surface area contributed by atoms with E-state index in [2.05, 4.69) is 10.0 Å². The van der Waals surface area contributed by atoms with E-state index in [0.29, 0.717) is 19.6 Å². The van der Waals surface area contributed by atoms with Gasteiger partial charge < -0.3 is 10.2 Å². The van der Waals surface area contributed by atoms with Crippen LogP contribution in [-0.4, -0.2) is 51.3 Å². The van der Waals surface area contributed by atoms with Gasteiger partial charge in [0.15, 0.2) is 0 Å². The van der Waals surface area contributed by atoms with Gasteiger partial charge >= 0.3 is 6.03 Å². The predicted molar refractivity (Wildman–Crippen MR) is 70.9 cm³/mol. The third-order valence-corrected chi connectivity index (χ3v) is 3.69. The molecule has 1 aliphatic heterocycles. The van der Waals surface area contributed by atoms with Crippen molar-refractivity contribution in [1.29, 1.82) is 0 Å². The Morgan fingerprint density at radius 1 is 1.39 bits per heavy atom. The molecule has 1 unspecified atom stereocenters. The first kappa shape index (κ1) is 15.2. The molecule has 7 heteroatoms. The van der Waals surface area contributed by atoms with Gasteiger partial charge in [0.1, 0.15) is 0 Å². The largest absolute Gasteiger partial charge is 0.338 e. The molecule has 1 aliphatic rings. The smallest absolute Gasteiger partial charge is 0.317 e. The standard InChI is InChI=1S/C11H23N3O3S/c1-3-7-12-11(15)14-8-5-4-6-10(14)9-13-18(2,16)17/h10,13H,3-9H2,1-2H3,(H,12,15). The highest BCUT2D eigenvalue weighted by molar-refractivity contribution is 7.88. The van der Waals surface area contributed by atoms with Crippen LogP contribution in [0.3, 0.4) is 0 Å². The number of rotatable bonds is 5. The number of urea groups is 1. The Bertz CT molecular complexity index is 370. The average Bonchev–Trinajstić information content (AvgIpc) is 2.33. The number of carbonyl (C=O) groups is 1. The van der Waals surface area contributed by atoms with Gasteiger partial charge in [-0.2, -0.15) is 0 Å². The zero-order valence-electron chi connectivity index (χ0n) is 11.1. The van der Waals surface area contributed by atoms with E-state index in [4.69, 9.17) is 0 Å². The van der Waals surface area contributed by atoms with Crippen molar-refractivity contribution in [3.63, 3.8) is 0 Å². The maximum Gasteiger partial charge on any atom is 0.317 e. The molecule has 0 aromatic heterocycles. The van der Waals surface area contributed by atoms with Crippen LogP contribution in [0.4, 0.5) is 4.79 Å². The molecule has 1 saturated heterocycles. The number of hydrogen-bond donors (Lipinski definition) is 2. The number of piperidine rings is 1. The fraction of sp³-hybridized carbons (Fsp3) is 0.909. The third-order valence-electron chi connectivity index (χ3n) is 3.00. The van der Waals surface area contributed by atoms with Crippen LogP contribution in [0.2, 0.25) is 0 Å². The number of hydrogen-bond acceptors (Lipinski definition) is 3. The first-order valence-corrected chi connectivity index (χ1v) is 8.32. The molecule has 0 aromatic carbocycles. The molecule has 1 heterocycles. The van der Waals surface area contributed by atoms with Crippen LogP contribution < -0.4 is 10.0 Å². The lowest BCUT2D eigenvalue weighted by Crippen LogP contribution is -2.52. The summed E-state index contributed by atoms with van der Waals surface area (Å²) in [7, 11) is -3.20.